The summed E-state index contributed by atoms with van der Waals surface area (Å²) in [7, 11) is 1.64. The number of anilines is 1. The minimum Gasteiger partial charge on any atom is -0.495 e. The first-order valence-corrected chi connectivity index (χ1v) is 9.41. The SMILES string of the molecule is COc1cc2c(cc1NCc1nnc(-c3ccccc3Cl)o1)oc1ccccc12. The van der Waals surface area contributed by atoms with Gasteiger partial charge in [-0.05, 0) is 24.3 Å². The number of hydrogen-bond acceptors (Lipinski definition) is 6. The lowest BCUT2D eigenvalue weighted by Crippen LogP contribution is -2.01. The summed E-state index contributed by atoms with van der Waals surface area (Å²) in [6, 6.07) is 19.1. The molecule has 0 amide bonds. The summed E-state index contributed by atoms with van der Waals surface area (Å²) in [6.45, 7) is 0.333. The molecule has 5 rings (SSSR count). The van der Waals surface area contributed by atoms with Gasteiger partial charge in [-0.2, -0.15) is 0 Å². The van der Waals surface area contributed by atoms with Crippen LogP contribution in [-0.4, -0.2) is 17.3 Å². The van der Waals surface area contributed by atoms with Gasteiger partial charge in [0.15, 0.2) is 0 Å². The quantitative estimate of drug-likeness (QED) is 0.392. The summed E-state index contributed by atoms with van der Waals surface area (Å²) in [6.07, 6.45) is 0. The van der Waals surface area contributed by atoms with Gasteiger partial charge in [-0.3, -0.25) is 0 Å². The van der Waals surface area contributed by atoms with Gasteiger partial charge in [0.2, 0.25) is 11.8 Å². The Morgan fingerprint density at radius 1 is 0.931 bits per heavy atom. The fourth-order valence-electron chi connectivity index (χ4n) is 3.30. The van der Waals surface area contributed by atoms with Crippen molar-refractivity contribution in [2.24, 2.45) is 0 Å². The van der Waals surface area contributed by atoms with Crippen molar-refractivity contribution in [3.63, 3.8) is 0 Å². The first-order valence-electron chi connectivity index (χ1n) is 9.03. The molecule has 0 unspecified atom stereocenters. The number of fused-ring (bicyclic) bond motifs is 3. The van der Waals surface area contributed by atoms with E-state index in [4.69, 9.17) is 25.2 Å². The van der Waals surface area contributed by atoms with Crippen LogP contribution in [0.15, 0.2) is 69.5 Å². The van der Waals surface area contributed by atoms with Gasteiger partial charge in [-0.1, -0.05) is 41.9 Å². The molecule has 0 aliphatic rings. The number of nitrogens with zero attached hydrogens (tertiary/aromatic N) is 2. The Balaban J connectivity index is 1.43. The van der Waals surface area contributed by atoms with Crippen LogP contribution in [0, 0.1) is 0 Å². The molecule has 0 saturated carbocycles. The van der Waals surface area contributed by atoms with Gasteiger partial charge in [0.05, 0.1) is 29.9 Å². The molecule has 1 N–H and O–H groups in total. The summed E-state index contributed by atoms with van der Waals surface area (Å²) >= 11 is 6.20. The van der Waals surface area contributed by atoms with E-state index in [2.05, 4.69) is 15.5 Å². The van der Waals surface area contributed by atoms with Crippen molar-refractivity contribution >= 4 is 39.2 Å². The van der Waals surface area contributed by atoms with E-state index in [0.29, 0.717) is 34.7 Å². The van der Waals surface area contributed by atoms with Crippen molar-refractivity contribution in [1.82, 2.24) is 10.2 Å². The molecule has 0 radical (unpaired) electrons. The minimum absolute atomic E-state index is 0.333. The molecule has 6 nitrogen and oxygen atoms in total. The van der Waals surface area contributed by atoms with Crippen molar-refractivity contribution in [3.8, 4) is 17.2 Å². The fourth-order valence-corrected chi connectivity index (χ4v) is 3.51. The molecule has 5 aromatic rings. The monoisotopic (exact) mass is 405 g/mol. The van der Waals surface area contributed by atoms with Crippen LogP contribution in [0.5, 0.6) is 5.75 Å². The maximum absolute atomic E-state index is 6.20. The number of rotatable bonds is 5. The number of hydrogen-bond donors (Lipinski definition) is 1. The van der Waals surface area contributed by atoms with Gasteiger partial charge in [0.1, 0.15) is 16.9 Å². The zero-order valence-corrected chi connectivity index (χ0v) is 16.2. The number of para-hydroxylation sites is 1. The van der Waals surface area contributed by atoms with Crippen LogP contribution in [0.3, 0.4) is 0 Å². The normalized spacial score (nSPS) is 11.2. The second-order valence-corrected chi connectivity index (χ2v) is 6.89. The third-order valence-electron chi connectivity index (χ3n) is 4.70. The van der Waals surface area contributed by atoms with Crippen LogP contribution >= 0.6 is 11.6 Å². The second kappa shape index (κ2) is 7.14. The zero-order valence-electron chi connectivity index (χ0n) is 15.5. The topological polar surface area (TPSA) is 73.3 Å². The molecule has 0 atom stereocenters. The van der Waals surface area contributed by atoms with E-state index < -0.39 is 0 Å². The number of furan rings is 1. The van der Waals surface area contributed by atoms with Gasteiger partial charge in [-0.15, -0.1) is 10.2 Å². The summed E-state index contributed by atoms with van der Waals surface area (Å²) in [4.78, 5) is 0. The van der Waals surface area contributed by atoms with E-state index in [1.807, 2.05) is 54.6 Å². The maximum atomic E-state index is 6.20. The van der Waals surface area contributed by atoms with Crippen LogP contribution < -0.4 is 10.1 Å². The third kappa shape index (κ3) is 3.17. The van der Waals surface area contributed by atoms with Crippen LogP contribution in [0.2, 0.25) is 5.02 Å². The van der Waals surface area contributed by atoms with Crippen molar-refractivity contribution < 1.29 is 13.6 Å². The molecule has 29 heavy (non-hydrogen) atoms. The molecule has 0 bridgehead atoms. The average molecular weight is 406 g/mol. The van der Waals surface area contributed by atoms with Crippen LogP contribution in [0.25, 0.3) is 33.4 Å². The van der Waals surface area contributed by atoms with Crippen LogP contribution in [0.4, 0.5) is 5.69 Å². The molecular weight excluding hydrogens is 390 g/mol. The highest BCUT2D eigenvalue weighted by atomic mass is 35.5. The van der Waals surface area contributed by atoms with Gasteiger partial charge < -0.3 is 18.9 Å². The van der Waals surface area contributed by atoms with E-state index in [0.717, 1.165) is 27.6 Å². The van der Waals surface area contributed by atoms with E-state index in [1.165, 1.54) is 0 Å². The highest BCUT2D eigenvalue weighted by Gasteiger charge is 2.14. The Labute approximate surface area is 171 Å². The fraction of sp³-hybridized carbons (Fsp3) is 0.0909. The molecule has 7 heteroatoms. The predicted molar refractivity (Wildman–Crippen MR) is 112 cm³/mol. The lowest BCUT2D eigenvalue weighted by atomic mass is 10.1. The molecule has 3 aromatic carbocycles. The van der Waals surface area contributed by atoms with Crippen molar-refractivity contribution in [2.75, 3.05) is 12.4 Å². The Morgan fingerprint density at radius 2 is 1.76 bits per heavy atom. The molecule has 2 heterocycles. The second-order valence-electron chi connectivity index (χ2n) is 6.48. The van der Waals surface area contributed by atoms with Crippen molar-refractivity contribution in [2.45, 2.75) is 6.54 Å². The first-order chi connectivity index (χ1) is 14.2. The number of methoxy groups -OCH3 is 1. The largest absolute Gasteiger partial charge is 0.495 e. The van der Waals surface area contributed by atoms with Gasteiger partial charge in [0, 0.05) is 16.8 Å². The Bertz CT molecular complexity index is 1330. The molecule has 0 fully saturated rings. The smallest absolute Gasteiger partial charge is 0.249 e. The van der Waals surface area contributed by atoms with Crippen molar-refractivity contribution in [1.29, 1.82) is 0 Å². The highest BCUT2D eigenvalue weighted by molar-refractivity contribution is 6.33. The molecule has 0 aliphatic heterocycles. The van der Waals surface area contributed by atoms with Crippen LogP contribution in [0.1, 0.15) is 5.89 Å². The Hall–Kier alpha value is -3.51. The Morgan fingerprint density at radius 3 is 2.62 bits per heavy atom. The minimum atomic E-state index is 0.333. The summed E-state index contributed by atoms with van der Waals surface area (Å²) in [5, 5.41) is 14.1. The summed E-state index contributed by atoms with van der Waals surface area (Å²) in [5.74, 6) is 1.52. The van der Waals surface area contributed by atoms with Gasteiger partial charge in [0.25, 0.3) is 0 Å². The number of ether oxygens (including phenoxy) is 1. The van der Waals surface area contributed by atoms with E-state index in [9.17, 15) is 0 Å². The van der Waals surface area contributed by atoms with Crippen molar-refractivity contribution in [3.05, 3.63) is 71.6 Å². The number of nitrogens with one attached hydrogen (secondary N) is 1. The molecule has 0 spiro atoms. The van der Waals surface area contributed by atoms with E-state index in [1.54, 1.807) is 13.2 Å². The van der Waals surface area contributed by atoms with Crippen LogP contribution in [-0.2, 0) is 6.54 Å². The average Bonchev–Trinajstić information content (AvgIpc) is 3.36. The van der Waals surface area contributed by atoms with Gasteiger partial charge in [-0.25, -0.2) is 0 Å². The van der Waals surface area contributed by atoms with E-state index >= 15 is 0 Å². The Kier molecular flexibility index (Phi) is 4.33. The lowest BCUT2D eigenvalue weighted by Gasteiger charge is -2.09. The number of aromatic nitrogens is 2. The van der Waals surface area contributed by atoms with E-state index in [-0.39, 0.29) is 0 Å². The maximum Gasteiger partial charge on any atom is 0.249 e. The number of benzene rings is 3. The molecule has 0 aliphatic carbocycles. The predicted octanol–water partition coefficient (Wildman–Crippen LogP) is 5.91. The standard InChI is InChI=1S/C22H16ClN3O3/c1-27-20-10-15-13-6-3-5-9-18(13)28-19(15)11-17(20)24-12-21-25-26-22(29-21)14-7-2-4-8-16(14)23/h2-11,24H,12H2,1H3. The molecule has 144 valence electrons. The lowest BCUT2D eigenvalue weighted by molar-refractivity contribution is 0.416. The summed E-state index contributed by atoms with van der Waals surface area (Å²) in [5.41, 5.74) is 3.09. The highest BCUT2D eigenvalue weighted by Crippen LogP contribution is 2.36. The number of halogens is 1. The molecule has 2 aromatic heterocycles. The molecular formula is C22H16ClN3O3. The molecule has 0 saturated heterocycles. The zero-order chi connectivity index (χ0) is 19.8. The summed E-state index contributed by atoms with van der Waals surface area (Å²) < 4.78 is 17.3. The third-order valence-corrected chi connectivity index (χ3v) is 5.03. The van der Waals surface area contributed by atoms with Gasteiger partial charge >= 0.3 is 0 Å². The first kappa shape index (κ1) is 17.6.